The van der Waals surface area contributed by atoms with Crippen molar-refractivity contribution >= 4 is 39.2 Å². The molecule has 0 fully saturated rings. The second kappa shape index (κ2) is 7.28. The number of nitrogens with one attached hydrogen (secondary N) is 2. The first kappa shape index (κ1) is 17.0. The fourth-order valence-corrected chi connectivity index (χ4v) is 3.75. The number of fused-ring (bicyclic) bond motifs is 1. The number of hydrogen-bond donors (Lipinski definition) is 2. The first-order valence-electron chi connectivity index (χ1n) is 7.21. The van der Waals surface area contributed by atoms with E-state index >= 15 is 0 Å². The Bertz CT molecular complexity index is 734. The molecule has 0 unspecified atom stereocenters. The summed E-state index contributed by atoms with van der Waals surface area (Å²) in [6, 6.07) is 0. The average molecular weight is 339 g/mol. The molecule has 1 amide bonds. The molecule has 0 aromatic carbocycles. The van der Waals surface area contributed by atoms with Crippen LogP contribution >= 0.6 is 23.1 Å². The van der Waals surface area contributed by atoms with Crippen molar-refractivity contribution in [1.29, 1.82) is 0 Å². The third-order valence-electron chi connectivity index (χ3n) is 3.27. The Labute approximate surface area is 137 Å². The molecule has 2 heterocycles. The van der Waals surface area contributed by atoms with E-state index in [-0.39, 0.29) is 11.5 Å². The standard InChI is InChI=1S/C15H21N3O2S2/c1-8(2)5-16-12(19)7-21-6-11-17-14(20)13-9(3)10(4)22-15(13)18-11/h8H,5-7H2,1-4H3,(H,16,19)(H,17,18,20). The maximum Gasteiger partial charge on any atom is 0.259 e. The smallest absolute Gasteiger partial charge is 0.259 e. The molecular weight excluding hydrogens is 318 g/mol. The molecule has 0 aliphatic heterocycles. The fourth-order valence-electron chi connectivity index (χ4n) is 1.98. The van der Waals surface area contributed by atoms with Crippen LogP contribution in [0.3, 0.4) is 0 Å². The molecule has 0 bridgehead atoms. The predicted molar refractivity (Wildman–Crippen MR) is 93.7 cm³/mol. The number of amides is 1. The number of aromatic amines is 1. The predicted octanol–water partition coefficient (Wildman–Crippen LogP) is 2.61. The van der Waals surface area contributed by atoms with Crippen molar-refractivity contribution in [2.75, 3.05) is 12.3 Å². The quantitative estimate of drug-likeness (QED) is 0.848. The molecule has 0 radical (unpaired) electrons. The summed E-state index contributed by atoms with van der Waals surface area (Å²) in [6.07, 6.45) is 0. The Balaban J connectivity index is 1.98. The molecule has 2 aromatic heterocycles. The summed E-state index contributed by atoms with van der Waals surface area (Å²) in [6.45, 7) is 8.74. The lowest BCUT2D eigenvalue weighted by molar-refractivity contribution is -0.118. The number of thioether (sulfide) groups is 1. The fraction of sp³-hybridized carbons (Fsp3) is 0.533. The molecule has 2 N–H and O–H groups in total. The van der Waals surface area contributed by atoms with Gasteiger partial charge >= 0.3 is 0 Å². The average Bonchev–Trinajstić information content (AvgIpc) is 2.72. The highest BCUT2D eigenvalue weighted by atomic mass is 32.2. The highest BCUT2D eigenvalue weighted by Crippen LogP contribution is 2.26. The van der Waals surface area contributed by atoms with E-state index in [4.69, 9.17) is 0 Å². The maximum absolute atomic E-state index is 12.1. The summed E-state index contributed by atoms with van der Waals surface area (Å²) in [4.78, 5) is 33.0. The molecule has 0 saturated carbocycles. The summed E-state index contributed by atoms with van der Waals surface area (Å²) in [5.74, 6) is 1.98. The summed E-state index contributed by atoms with van der Waals surface area (Å²) < 4.78 is 0. The number of rotatable bonds is 6. The Morgan fingerprint density at radius 3 is 2.82 bits per heavy atom. The van der Waals surface area contributed by atoms with Crippen LogP contribution in [0.5, 0.6) is 0 Å². The van der Waals surface area contributed by atoms with E-state index in [0.717, 1.165) is 15.3 Å². The highest BCUT2D eigenvalue weighted by Gasteiger charge is 2.12. The molecular formula is C15H21N3O2S2. The van der Waals surface area contributed by atoms with E-state index in [1.807, 2.05) is 13.8 Å². The van der Waals surface area contributed by atoms with Crippen LogP contribution in [0.1, 0.15) is 30.1 Å². The van der Waals surface area contributed by atoms with Crippen molar-refractivity contribution in [2.24, 2.45) is 5.92 Å². The molecule has 0 saturated heterocycles. The molecule has 5 nitrogen and oxygen atoms in total. The van der Waals surface area contributed by atoms with Crippen LogP contribution in [-0.4, -0.2) is 28.2 Å². The van der Waals surface area contributed by atoms with Gasteiger partial charge in [0.1, 0.15) is 10.7 Å². The first-order valence-corrected chi connectivity index (χ1v) is 9.19. The molecule has 2 rings (SSSR count). The van der Waals surface area contributed by atoms with E-state index in [1.54, 1.807) is 0 Å². The first-order chi connectivity index (χ1) is 10.4. The Morgan fingerprint density at radius 2 is 2.14 bits per heavy atom. The van der Waals surface area contributed by atoms with Crippen LogP contribution in [0.4, 0.5) is 0 Å². The highest BCUT2D eigenvalue weighted by molar-refractivity contribution is 7.99. The second-order valence-electron chi connectivity index (χ2n) is 5.67. The van der Waals surface area contributed by atoms with Gasteiger partial charge in [0.15, 0.2) is 0 Å². The molecule has 0 aliphatic rings. The van der Waals surface area contributed by atoms with Gasteiger partial charge in [0.25, 0.3) is 5.56 Å². The van der Waals surface area contributed by atoms with Gasteiger partial charge in [-0.05, 0) is 25.3 Å². The van der Waals surface area contributed by atoms with Crippen LogP contribution in [0, 0.1) is 19.8 Å². The van der Waals surface area contributed by atoms with Gasteiger partial charge in [-0.1, -0.05) is 13.8 Å². The maximum atomic E-state index is 12.1. The zero-order valence-electron chi connectivity index (χ0n) is 13.3. The lowest BCUT2D eigenvalue weighted by Gasteiger charge is -2.07. The van der Waals surface area contributed by atoms with Crippen molar-refractivity contribution in [3.63, 3.8) is 0 Å². The number of aryl methyl sites for hydroxylation is 2. The minimum Gasteiger partial charge on any atom is -0.355 e. The molecule has 0 spiro atoms. The van der Waals surface area contributed by atoms with Crippen molar-refractivity contribution in [3.05, 3.63) is 26.6 Å². The number of carbonyl (C=O) groups is 1. The Hall–Kier alpha value is -1.34. The van der Waals surface area contributed by atoms with E-state index in [1.165, 1.54) is 23.1 Å². The molecule has 120 valence electrons. The zero-order chi connectivity index (χ0) is 16.3. The van der Waals surface area contributed by atoms with Gasteiger partial charge in [-0.15, -0.1) is 23.1 Å². The van der Waals surface area contributed by atoms with Crippen molar-refractivity contribution in [2.45, 2.75) is 33.4 Å². The molecule has 2 aromatic rings. The van der Waals surface area contributed by atoms with Crippen LogP contribution in [0.15, 0.2) is 4.79 Å². The van der Waals surface area contributed by atoms with Gasteiger partial charge < -0.3 is 10.3 Å². The summed E-state index contributed by atoms with van der Waals surface area (Å²) in [5.41, 5.74) is 0.910. The van der Waals surface area contributed by atoms with Crippen molar-refractivity contribution in [1.82, 2.24) is 15.3 Å². The van der Waals surface area contributed by atoms with Crippen LogP contribution in [-0.2, 0) is 10.5 Å². The molecule has 7 heteroatoms. The van der Waals surface area contributed by atoms with Crippen LogP contribution in [0.25, 0.3) is 10.2 Å². The van der Waals surface area contributed by atoms with Gasteiger partial charge in [0, 0.05) is 11.4 Å². The molecule has 0 aliphatic carbocycles. The third-order valence-corrected chi connectivity index (χ3v) is 5.31. The van der Waals surface area contributed by atoms with Crippen molar-refractivity contribution in [3.8, 4) is 0 Å². The number of carbonyl (C=O) groups excluding carboxylic acids is 1. The van der Waals surface area contributed by atoms with Gasteiger partial charge in [0.05, 0.1) is 16.9 Å². The lowest BCUT2D eigenvalue weighted by atomic mass is 10.2. The number of aromatic nitrogens is 2. The number of H-pyrrole nitrogens is 1. The van der Waals surface area contributed by atoms with E-state index < -0.39 is 0 Å². The minimum absolute atomic E-state index is 0.0185. The van der Waals surface area contributed by atoms with E-state index in [2.05, 4.69) is 29.1 Å². The normalized spacial score (nSPS) is 11.3. The van der Waals surface area contributed by atoms with Gasteiger partial charge in [-0.25, -0.2) is 4.98 Å². The van der Waals surface area contributed by atoms with Crippen LogP contribution in [0.2, 0.25) is 0 Å². The molecule has 0 atom stereocenters. The molecule has 22 heavy (non-hydrogen) atoms. The zero-order valence-corrected chi connectivity index (χ0v) is 14.9. The number of nitrogens with zero attached hydrogens (tertiary/aromatic N) is 1. The van der Waals surface area contributed by atoms with Gasteiger partial charge in [0.2, 0.25) is 5.91 Å². The van der Waals surface area contributed by atoms with Crippen LogP contribution < -0.4 is 10.9 Å². The van der Waals surface area contributed by atoms with Gasteiger partial charge in [-0.3, -0.25) is 9.59 Å². The van der Waals surface area contributed by atoms with Gasteiger partial charge in [-0.2, -0.15) is 0 Å². The Kier molecular flexibility index (Phi) is 5.63. The SMILES string of the molecule is Cc1sc2nc(CSCC(=O)NCC(C)C)[nH]c(=O)c2c1C. The Morgan fingerprint density at radius 1 is 1.41 bits per heavy atom. The largest absolute Gasteiger partial charge is 0.355 e. The summed E-state index contributed by atoms with van der Waals surface area (Å²) in [5, 5.41) is 3.56. The topological polar surface area (TPSA) is 74.8 Å². The third kappa shape index (κ3) is 4.10. The second-order valence-corrected chi connectivity index (χ2v) is 7.86. The number of hydrogen-bond acceptors (Lipinski definition) is 5. The monoisotopic (exact) mass is 339 g/mol. The lowest BCUT2D eigenvalue weighted by Crippen LogP contribution is -2.28. The van der Waals surface area contributed by atoms with E-state index in [0.29, 0.717) is 35.2 Å². The van der Waals surface area contributed by atoms with Crippen molar-refractivity contribution < 1.29 is 4.79 Å². The minimum atomic E-state index is -0.0910. The summed E-state index contributed by atoms with van der Waals surface area (Å²) >= 11 is 2.99. The van der Waals surface area contributed by atoms with E-state index in [9.17, 15) is 9.59 Å². The number of thiophene rings is 1. The summed E-state index contributed by atoms with van der Waals surface area (Å²) in [7, 11) is 0.